The molecule has 1 aliphatic carbocycles. The SMILES string of the molecule is c1ccc2c(c1)c1cc3c(c4cccc5c6c7c8c(oc7ccc6n3c54)CCCC8)c3c4ccccc4n2c13. The summed E-state index contributed by atoms with van der Waals surface area (Å²) in [7, 11) is 0. The van der Waals surface area contributed by atoms with Gasteiger partial charge in [-0.05, 0) is 49.6 Å². The first-order valence-corrected chi connectivity index (χ1v) is 14.1. The summed E-state index contributed by atoms with van der Waals surface area (Å²) in [6.07, 6.45) is 4.65. The fraction of sp³-hybridized carbons (Fsp3) is 0.111. The number of fused-ring (bicyclic) bond motifs is 17. The Labute approximate surface area is 222 Å². The molecule has 0 spiro atoms. The van der Waals surface area contributed by atoms with E-state index in [2.05, 4.69) is 93.7 Å². The average Bonchev–Trinajstić information content (AvgIpc) is 3.76. The second kappa shape index (κ2) is 6.27. The van der Waals surface area contributed by atoms with E-state index in [1.54, 1.807) is 0 Å². The quantitative estimate of drug-likeness (QED) is 0.204. The van der Waals surface area contributed by atoms with E-state index in [1.165, 1.54) is 106 Å². The van der Waals surface area contributed by atoms with Crippen molar-refractivity contribution in [3.05, 3.63) is 96.3 Å². The number of para-hydroxylation sites is 3. The summed E-state index contributed by atoms with van der Waals surface area (Å²) < 4.78 is 11.5. The van der Waals surface area contributed by atoms with Gasteiger partial charge in [0.15, 0.2) is 0 Å². The number of nitrogens with zero attached hydrogens (tertiary/aromatic N) is 2. The number of hydrogen-bond acceptors (Lipinski definition) is 1. The van der Waals surface area contributed by atoms with Crippen molar-refractivity contribution in [2.75, 3.05) is 0 Å². The number of benzene rings is 5. The van der Waals surface area contributed by atoms with E-state index in [4.69, 9.17) is 4.42 Å². The van der Waals surface area contributed by atoms with Crippen LogP contribution < -0.4 is 0 Å². The van der Waals surface area contributed by atoms with Crippen LogP contribution >= 0.6 is 0 Å². The summed E-state index contributed by atoms with van der Waals surface area (Å²) in [5, 5.41) is 12.1. The molecule has 0 saturated carbocycles. The van der Waals surface area contributed by atoms with Crippen molar-refractivity contribution in [3.8, 4) is 0 Å². The lowest BCUT2D eigenvalue weighted by Crippen LogP contribution is -1.98. The van der Waals surface area contributed by atoms with Gasteiger partial charge in [-0.3, -0.25) is 0 Å². The first-order valence-electron chi connectivity index (χ1n) is 14.1. The second-order valence-electron chi connectivity index (χ2n) is 11.5. The molecule has 0 bridgehead atoms. The lowest BCUT2D eigenvalue weighted by atomic mass is 9.93. The third-order valence-electron chi connectivity index (χ3n) is 9.73. The lowest BCUT2D eigenvalue weighted by Gasteiger charge is -2.09. The van der Waals surface area contributed by atoms with Gasteiger partial charge in [-0.1, -0.05) is 54.6 Å². The van der Waals surface area contributed by atoms with Crippen molar-refractivity contribution in [3.63, 3.8) is 0 Å². The van der Waals surface area contributed by atoms with Gasteiger partial charge in [-0.25, -0.2) is 0 Å². The van der Waals surface area contributed by atoms with Gasteiger partial charge in [0.05, 0.1) is 33.1 Å². The summed E-state index contributed by atoms with van der Waals surface area (Å²) in [6.45, 7) is 0. The number of furan rings is 1. The molecule has 1 aliphatic rings. The van der Waals surface area contributed by atoms with E-state index >= 15 is 0 Å². The highest BCUT2D eigenvalue weighted by atomic mass is 16.3. The summed E-state index contributed by atoms with van der Waals surface area (Å²) in [5.41, 5.74) is 10.3. The molecule has 3 nitrogen and oxygen atoms in total. The molecular weight excluding hydrogens is 476 g/mol. The van der Waals surface area contributed by atoms with Gasteiger partial charge < -0.3 is 13.2 Å². The fourth-order valence-electron chi connectivity index (χ4n) is 8.32. The van der Waals surface area contributed by atoms with Crippen LogP contribution in [0.25, 0.3) is 87.2 Å². The molecule has 182 valence electrons. The van der Waals surface area contributed by atoms with Crippen molar-refractivity contribution in [2.45, 2.75) is 25.7 Å². The van der Waals surface area contributed by atoms with Crippen LogP contribution in [-0.2, 0) is 12.8 Å². The van der Waals surface area contributed by atoms with Crippen molar-refractivity contribution < 1.29 is 4.42 Å². The number of aryl methyl sites for hydroxylation is 2. The van der Waals surface area contributed by atoms with Crippen LogP contribution in [0.3, 0.4) is 0 Å². The summed E-state index contributed by atoms with van der Waals surface area (Å²) in [5.74, 6) is 1.21. The van der Waals surface area contributed by atoms with E-state index in [9.17, 15) is 0 Å². The molecule has 11 rings (SSSR count). The van der Waals surface area contributed by atoms with E-state index in [0.29, 0.717) is 0 Å². The Bertz CT molecular complexity index is 2660. The van der Waals surface area contributed by atoms with Crippen LogP contribution in [0.15, 0.2) is 89.3 Å². The van der Waals surface area contributed by atoms with Gasteiger partial charge >= 0.3 is 0 Å². The first-order chi connectivity index (χ1) is 19.4. The maximum atomic E-state index is 6.44. The van der Waals surface area contributed by atoms with Crippen molar-refractivity contribution in [1.29, 1.82) is 0 Å². The van der Waals surface area contributed by atoms with Crippen LogP contribution in [0, 0.1) is 0 Å². The molecule has 10 aromatic rings. The Morgan fingerprint density at radius 1 is 0.487 bits per heavy atom. The fourth-order valence-corrected chi connectivity index (χ4v) is 8.32. The molecule has 0 radical (unpaired) electrons. The molecule has 0 unspecified atom stereocenters. The monoisotopic (exact) mass is 498 g/mol. The topological polar surface area (TPSA) is 22.0 Å². The highest BCUT2D eigenvalue weighted by molar-refractivity contribution is 6.38. The molecule has 0 fully saturated rings. The predicted molar refractivity (Wildman–Crippen MR) is 162 cm³/mol. The Balaban J connectivity index is 1.48. The van der Waals surface area contributed by atoms with Crippen LogP contribution in [0.4, 0.5) is 0 Å². The minimum absolute atomic E-state index is 1.05. The van der Waals surface area contributed by atoms with Crippen molar-refractivity contribution in [2.24, 2.45) is 0 Å². The maximum Gasteiger partial charge on any atom is 0.135 e. The maximum absolute atomic E-state index is 6.44. The van der Waals surface area contributed by atoms with E-state index in [0.717, 1.165) is 18.4 Å². The standard InChI is InChI=1S/C36H22N2O/c1-4-13-25-19(8-1)24-18-28-32(34-20-9-2-5-14-26(20)37(25)36(24)34)23-12-7-11-22-31-27(38(28)35(22)23)16-17-30-33(31)21-10-3-6-15-29(21)39-30/h1-2,4-5,7-9,11-14,16-18H,3,6,10,15H2. The number of rotatable bonds is 0. The minimum Gasteiger partial charge on any atom is -0.461 e. The van der Waals surface area contributed by atoms with E-state index < -0.39 is 0 Å². The zero-order valence-corrected chi connectivity index (χ0v) is 21.2. The average molecular weight is 499 g/mol. The highest BCUT2D eigenvalue weighted by Gasteiger charge is 2.27. The molecule has 3 heteroatoms. The smallest absolute Gasteiger partial charge is 0.135 e. The summed E-state index contributed by atoms with van der Waals surface area (Å²) >= 11 is 0. The summed E-state index contributed by atoms with van der Waals surface area (Å²) in [4.78, 5) is 0. The van der Waals surface area contributed by atoms with Crippen LogP contribution in [0.5, 0.6) is 0 Å². The van der Waals surface area contributed by atoms with Crippen molar-refractivity contribution in [1.82, 2.24) is 8.80 Å². The first kappa shape index (κ1) is 19.3. The highest BCUT2D eigenvalue weighted by Crippen LogP contribution is 2.49. The summed E-state index contributed by atoms with van der Waals surface area (Å²) in [6, 6.07) is 31.7. The third kappa shape index (κ3) is 2.00. The lowest BCUT2D eigenvalue weighted by molar-refractivity contribution is 0.506. The molecule has 0 saturated heterocycles. The molecule has 0 atom stereocenters. The Morgan fingerprint density at radius 3 is 2.05 bits per heavy atom. The molecule has 39 heavy (non-hydrogen) atoms. The van der Waals surface area contributed by atoms with E-state index in [-0.39, 0.29) is 0 Å². The van der Waals surface area contributed by atoms with Gasteiger partial charge in [0, 0.05) is 60.5 Å². The van der Waals surface area contributed by atoms with Crippen molar-refractivity contribution >= 4 is 87.2 Å². The van der Waals surface area contributed by atoms with Gasteiger partial charge in [0.2, 0.25) is 0 Å². The van der Waals surface area contributed by atoms with Crippen LogP contribution in [0.2, 0.25) is 0 Å². The number of hydrogen-bond donors (Lipinski definition) is 0. The van der Waals surface area contributed by atoms with Gasteiger partial charge in [-0.2, -0.15) is 0 Å². The number of aromatic nitrogens is 2. The molecule has 0 aliphatic heterocycles. The molecule has 5 aromatic heterocycles. The minimum atomic E-state index is 1.05. The Morgan fingerprint density at radius 2 is 1.18 bits per heavy atom. The van der Waals surface area contributed by atoms with E-state index in [1.807, 2.05) is 0 Å². The molecule has 0 N–H and O–H groups in total. The van der Waals surface area contributed by atoms with Crippen LogP contribution in [-0.4, -0.2) is 8.80 Å². The second-order valence-corrected chi connectivity index (χ2v) is 11.5. The van der Waals surface area contributed by atoms with Gasteiger partial charge in [0.25, 0.3) is 0 Å². The van der Waals surface area contributed by atoms with Gasteiger partial charge in [-0.15, -0.1) is 0 Å². The molecule has 5 aromatic carbocycles. The normalized spacial score (nSPS) is 14.8. The zero-order valence-electron chi connectivity index (χ0n) is 21.2. The predicted octanol–water partition coefficient (Wildman–Crippen LogP) is 9.61. The zero-order chi connectivity index (χ0) is 25.0. The Hall–Kier alpha value is -4.76. The molecule has 0 amide bonds. The molecule has 5 heterocycles. The molecular formula is C36H22N2O. The van der Waals surface area contributed by atoms with Gasteiger partial charge in [0.1, 0.15) is 11.3 Å². The third-order valence-corrected chi connectivity index (χ3v) is 9.73. The largest absolute Gasteiger partial charge is 0.461 e. The Kier molecular flexibility index (Phi) is 3.11. The van der Waals surface area contributed by atoms with Crippen LogP contribution in [0.1, 0.15) is 24.2 Å².